The second-order valence-corrected chi connectivity index (χ2v) is 5.44. The Morgan fingerprint density at radius 2 is 2.00 bits per heavy atom. The van der Waals surface area contributed by atoms with Crippen molar-refractivity contribution < 1.29 is 4.79 Å². The maximum Gasteiger partial charge on any atom is 0.257 e. The molecule has 0 unspecified atom stereocenters. The molecule has 2 rings (SSSR count). The molecule has 2 aromatic rings. The van der Waals surface area contributed by atoms with E-state index in [1.54, 1.807) is 30.3 Å². The van der Waals surface area contributed by atoms with Crippen LogP contribution in [0.3, 0.4) is 0 Å². The molecule has 19 heavy (non-hydrogen) atoms. The maximum atomic E-state index is 12.1. The summed E-state index contributed by atoms with van der Waals surface area (Å²) in [6, 6.07) is 10.5. The summed E-state index contributed by atoms with van der Waals surface area (Å²) in [4.78, 5) is 12.1. The van der Waals surface area contributed by atoms with Gasteiger partial charge in [0, 0.05) is 10.2 Å². The molecule has 0 saturated carbocycles. The zero-order chi connectivity index (χ0) is 14.0. The predicted molar refractivity (Wildman–Crippen MR) is 82.7 cm³/mol. The van der Waals surface area contributed by atoms with Crippen LogP contribution in [0.5, 0.6) is 0 Å². The van der Waals surface area contributed by atoms with E-state index in [1.807, 2.05) is 13.0 Å². The van der Waals surface area contributed by atoms with Crippen molar-refractivity contribution in [2.24, 2.45) is 0 Å². The topological polar surface area (TPSA) is 55.1 Å². The van der Waals surface area contributed by atoms with Crippen LogP contribution in [-0.2, 0) is 0 Å². The van der Waals surface area contributed by atoms with Crippen molar-refractivity contribution in [2.75, 3.05) is 11.1 Å². The first-order valence-corrected chi connectivity index (χ1v) is 6.77. The van der Waals surface area contributed by atoms with Gasteiger partial charge in [0.1, 0.15) is 0 Å². The minimum Gasteiger partial charge on any atom is -0.399 e. The largest absolute Gasteiger partial charge is 0.399 e. The molecule has 0 spiro atoms. The molecule has 0 aliphatic carbocycles. The standard InChI is InChI=1S/C14H12BrClN2O/c1-8-2-4-10(12(16)6-8)14(19)18-13-5-3-9(17)7-11(13)15/h2-7H,17H2,1H3,(H,18,19). The smallest absolute Gasteiger partial charge is 0.257 e. The number of nitrogens with two attached hydrogens (primary N) is 1. The van der Waals surface area contributed by atoms with Gasteiger partial charge in [-0.25, -0.2) is 0 Å². The van der Waals surface area contributed by atoms with Crippen molar-refractivity contribution in [3.63, 3.8) is 0 Å². The fourth-order valence-corrected chi connectivity index (χ4v) is 2.44. The number of hydrogen-bond donors (Lipinski definition) is 2. The van der Waals surface area contributed by atoms with Gasteiger partial charge in [0.05, 0.1) is 16.3 Å². The van der Waals surface area contributed by atoms with E-state index in [0.717, 1.165) is 10.0 Å². The first-order chi connectivity index (χ1) is 8.97. The van der Waals surface area contributed by atoms with Crippen LogP contribution >= 0.6 is 27.5 Å². The quantitative estimate of drug-likeness (QED) is 0.804. The SMILES string of the molecule is Cc1ccc(C(=O)Nc2ccc(N)cc2Br)c(Cl)c1. The Balaban J connectivity index is 2.25. The number of anilines is 2. The number of nitrogens with one attached hydrogen (secondary N) is 1. The molecule has 0 saturated heterocycles. The molecule has 0 atom stereocenters. The molecule has 0 aromatic heterocycles. The van der Waals surface area contributed by atoms with E-state index in [1.165, 1.54) is 0 Å². The van der Waals surface area contributed by atoms with Gasteiger partial charge in [-0.1, -0.05) is 17.7 Å². The van der Waals surface area contributed by atoms with Gasteiger partial charge in [0.15, 0.2) is 0 Å². The summed E-state index contributed by atoms with van der Waals surface area (Å²) in [6.07, 6.45) is 0. The molecular formula is C14H12BrClN2O. The molecule has 1 amide bonds. The van der Waals surface area contributed by atoms with E-state index in [0.29, 0.717) is 22.0 Å². The Labute approximate surface area is 124 Å². The van der Waals surface area contributed by atoms with Crippen LogP contribution in [0.25, 0.3) is 0 Å². The van der Waals surface area contributed by atoms with Crippen molar-refractivity contribution in [3.05, 3.63) is 57.0 Å². The Morgan fingerprint density at radius 3 is 2.63 bits per heavy atom. The van der Waals surface area contributed by atoms with Gasteiger partial charge in [0.25, 0.3) is 5.91 Å². The second kappa shape index (κ2) is 5.63. The maximum absolute atomic E-state index is 12.1. The fraction of sp³-hybridized carbons (Fsp3) is 0.0714. The molecular weight excluding hydrogens is 328 g/mol. The minimum atomic E-state index is -0.254. The van der Waals surface area contributed by atoms with Gasteiger partial charge < -0.3 is 11.1 Å². The van der Waals surface area contributed by atoms with Gasteiger partial charge in [-0.2, -0.15) is 0 Å². The number of halogens is 2. The zero-order valence-corrected chi connectivity index (χ0v) is 12.5. The van der Waals surface area contributed by atoms with E-state index in [4.69, 9.17) is 17.3 Å². The van der Waals surface area contributed by atoms with Gasteiger partial charge in [0.2, 0.25) is 0 Å². The summed E-state index contributed by atoms with van der Waals surface area (Å²) in [7, 11) is 0. The molecule has 0 aliphatic rings. The summed E-state index contributed by atoms with van der Waals surface area (Å²) >= 11 is 9.41. The summed E-state index contributed by atoms with van der Waals surface area (Å²) in [5.74, 6) is -0.254. The Bertz CT molecular complexity index is 643. The van der Waals surface area contributed by atoms with E-state index in [9.17, 15) is 4.79 Å². The number of carbonyl (C=O) groups excluding carboxylic acids is 1. The highest BCUT2D eigenvalue weighted by molar-refractivity contribution is 9.10. The number of benzene rings is 2. The minimum absolute atomic E-state index is 0.254. The molecule has 0 bridgehead atoms. The molecule has 3 N–H and O–H groups in total. The van der Waals surface area contributed by atoms with Crippen LogP contribution in [0, 0.1) is 6.92 Å². The molecule has 0 heterocycles. The van der Waals surface area contributed by atoms with E-state index in [2.05, 4.69) is 21.2 Å². The number of rotatable bonds is 2. The van der Waals surface area contributed by atoms with Crippen molar-refractivity contribution in [1.29, 1.82) is 0 Å². The number of carbonyl (C=O) groups is 1. The Morgan fingerprint density at radius 1 is 1.26 bits per heavy atom. The molecule has 98 valence electrons. The van der Waals surface area contributed by atoms with Crippen LogP contribution in [0.2, 0.25) is 5.02 Å². The van der Waals surface area contributed by atoms with Crippen LogP contribution in [-0.4, -0.2) is 5.91 Å². The van der Waals surface area contributed by atoms with E-state index in [-0.39, 0.29) is 5.91 Å². The van der Waals surface area contributed by atoms with E-state index >= 15 is 0 Å². The Hall–Kier alpha value is -1.52. The lowest BCUT2D eigenvalue weighted by molar-refractivity contribution is 0.102. The summed E-state index contributed by atoms with van der Waals surface area (Å²) in [5.41, 5.74) is 8.37. The first-order valence-electron chi connectivity index (χ1n) is 5.60. The number of nitrogen functional groups attached to an aromatic ring is 1. The third-order valence-corrected chi connectivity index (χ3v) is 3.58. The monoisotopic (exact) mass is 338 g/mol. The van der Waals surface area contributed by atoms with Gasteiger partial charge >= 0.3 is 0 Å². The number of amides is 1. The van der Waals surface area contributed by atoms with Gasteiger partial charge in [-0.3, -0.25) is 4.79 Å². The molecule has 3 nitrogen and oxygen atoms in total. The van der Waals surface area contributed by atoms with Crippen LogP contribution < -0.4 is 11.1 Å². The normalized spacial score (nSPS) is 10.3. The highest BCUT2D eigenvalue weighted by Crippen LogP contribution is 2.26. The van der Waals surface area contributed by atoms with Crippen molar-refractivity contribution >= 4 is 44.8 Å². The van der Waals surface area contributed by atoms with Crippen LogP contribution in [0.1, 0.15) is 15.9 Å². The number of aryl methyl sites for hydroxylation is 1. The molecule has 0 radical (unpaired) electrons. The first kappa shape index (κ1) is 13.9. The molecule has 2 aromatic carbocycles. The third-order valence-electron chi connectivity index (χ3n) is 2.61. The summed E-state index contributed by atoms with van der Waals surface area (Å²) < 4.78 is 0.726. The number of hydrogen-bond acceptors (Lipinski definition) is 2. The summed E-state index contributed by atoms with van der Waals surface area (Å²) in [6.45, 7) is 1.92. The van der Waals surface area contributed by atoms with Crippen LogP contribution in [0.15, 0.2) is 40.9 Å². The van der Waals surface area contributed by atoms with Gasteiger partial charge in [-0.05, 0) is 58.7 Å². The van der Waals surface area contributed by atoms with Crippen molar-refractivity contribution in [1.82, 2.24) is 0 Å². The highest BCUT2D eigenvalue weighted by Gasteiger charge is 2.12. The second-order valence-electron chi connectivity index (χ2n) is 4.18. The average molecular weight is 340 g/mol. The lowest BCUT2D eigenvalue weighted by Gasteiger charge is -2.09. The molecule has 0 aliphatic heterocycles. The summed E-state index contributed by atoms with van der Waals surface area (Å²) in [5, 5.41) is 3.22. The molecule has 0 fully saturated rings. The fourth-order valence-electron chi connectivity index (χ4n) is 1.63. The van der Waals surface area contributed by atoms with Gasteiger partial charge in [-0.15, -0.1) is 0 Å². The van der Waals surface area contributed by atoms with Crippen molar-refractivity contribution in [3.8, 4) is 0 Å². The van der Waals surface area contributed by atoms with Crippen molar-refractivity contribution in [2.45, 2.75) is 6.92 Å². The lowest BCUT2D eigenvalue weighted by atomic mass is 10.1. The average Bonchev–Trinajstić information content (AvgIpc) is 2.32. The Kier molecular flexibility index (Phi) is 4.12. The van der Waals surface area contributed by atoms with Crippen LogP contribution in [0.4, 0.5) is 11.4 Å². The molecule has 5 heteroatoms. The predicted octanol–water partition coefficient (Wildman–Crippen LogP) is 4.25. The zero-order valence-electron chi connectivity index (χ0n) is 10.2. The lowest BCUT2D eigenvalue weighted by Crippen LogP contribution is -2.13. The van der Waals surface area contributed by atoms with E-state index < -0.39 is 0 Å². The highest BCUT2D eigenvalue weighted by atomic mass is 79.9. The third kappa shape index (κ3) is 3.28.